The third-order valence-corrected chi connectivity index (χ3v) is 5.65. The Balaban J connectivity index is 2.03. The van der Waals surface area contributed by atoms with E-state index < -0.39 is 12.0 Å². The van der Waals surface area contributed by atoms with Gasteiger partial charge in [-0.2, -0.15) is 0 Å². The van der Waals surface area contributed by atoms with Gasteiger partial charge in [-0.3, -0.25) is 19.0 Å². The van der Waals surface area contributed by atoms with Crippen molar-refractivity contribution >= 4 is 51.9 Å². The number of carboxylic acid groups (broad SMARTS) is 1. The molecule has 0 spiro atoms. The van der Waals surface area contributed by atoms with Gasteiger partial charge in [0.2, 0.25) is 5.91 Å². The van der Waals surface area contributed by atoms with Crippen molar-refractivity contribution in [1.29, 1.82) is 0 Å². The van der Waals surface area contributed by atoms with Gasteiger partial charge in [-0.1, -0.05) is 23.2 Å². The minimum atomic E-state index is -1.02. The molecule has 3 rings (SSSR count). The van der Waals surface area contributed by atoms with Crippen LogP contribution in [0.15, 0.2) is 36.4 Å². The Labute approximate surface area is 188 Å². The van der Waals surface area contributed by atoms with Crippen LogP contribution in [0.3, 0.4) is 0 Å². The summed E-state index contributed by atoms with van der Waals surface area (Å²) in [4.78, 5) is 36.6. The summed E-state index contributed by atoms with van der Waals surface area (Å²) in [6.45, 7) is 3.30. The first-order valence-electron chi connectivity index (χ1n) is 9.42. The second-order valence-corrected chi connectivity index (χ2v) is 8.09. The van der Waals surface area contributed by atoms with Gasteiger partial charge in [-0.25, -0.2) is 0 Å². The summed E-state index contributed by atoms with van der Waals surface area (Å²) < 4.78 is 1.46. The number of nitrogens with zero attached hydrogens (tertiary/aromatic N) is 1. The first kappa shape index (κ1) is 22.7. The number of carbonyl (C=O) groups excluding carboxylic acids is 2. The summed E-state index contributed by atoms with van der Waals surface area (Å²) in [5.74, 6) is -1.77. The highest BCUT2D eigenvalue weighted by Gasteiger charge is 2.23. The van der Waals surface area contributed by atoms with Crippen molar-refractivity contribution in [2.24, 2.45) is 0 Å². The van der Waals surface area contributed by atoms with E-state index in [1.54, 1.807) is 26.0 Å². The summed E-state index contributed by atoms with van der Waals surface area (Å²) in [6.07, 6.45) is -0.291. The number of phenols is 1. The summed E-state index contributed by atoms with van der Waals surface area (Å²) >= 11 is 12.0. The zero-order chi connectivity index (χ0) is 22.9. The lowest BCUT2D eigenvalue weighted by Gasteiger charge is -2.12. The number of phenolic OH excluding ortho intramolecular Hbond substituents is 1. The highest BCUT2D eigenvalue weighted by molar-refractivity contribution is 6.42. The molecule has 3 aromatic rings. The SMILES string of the molecule is Cc1c(CC(=O)NC(C)CC(=O)O)c2cc(O)ccc2n1C(=O)c1ccc(Cl)c(Cl)c1. The maximum absolute atomic E-state index is 13.3. The summed E-state index contributed by atoms with van der Waals surface area (Å²) in [5, 5.41) is 22.6. The second-order valence-electron chi connectivity index (χ2n) is 7.28. The van der Waals surface area contributed by atoms with Crippen LogP contribution in [0.1, 0.15) is 35.0 Å². The van der Waals surface area contributed by atoms with Gasteiger partial charge in [0.25, 0.3) is 5.91 Å². The number of hydrogen-bond acceptors (Lipinski definition) is 4. The fourth-order valence-corrected chi connectivity index (χ4v) is 3.81. The zero-order valence-electron chi connectivity index (χ0n) is 16.8. The molecule has 3 N–H and O–H groups in total. The number of carboxylic acids is 1. The molecule has 0 radical (unpaired) electrons. The topological polar surface area (TPSA) is 109 Å². The summed E-state index contributed by atoms with van der Waals surface area (Å²) in [6, 6.07) is 8.55. The fraction of sp³-hybridized carbons (Fsp3) is 0.227. The number of nitrogens with one attached hydrogen (secondary N) is 1. The van der Waals surface area contributed by atoms with Gasteiger partial charge in [0.1, 0.15) is 5.75 Å². The van der Waals surface area contributed by atoms with Gasteiger partial charge < -0.3 is 15.5 Å². The normalized spacial score (nSPS) is 12.0. The minimum Gasteiger partial charge on any atom is -0.508 e. The molecule has 1 aromatic heterocycles. The molecule has 2 aromatic carbocycles. The smallest absolute Gasteiger partial charge is 0.305 e. The van der Waals surface area contributed by atoms with E-state index in [1.165, 1.54) is 28.8 Å². The maximum atomic E-state index is 13.3. The second kappa shape index (κ2) is 8.99. The molecule has 31 heavy (non-hydrogen) atoms. The van der Waals surface area contributed by atoms with Crippen LogP contribution in [0.4, 0.5) is 0 Å². The molecule has 0 bridgehead atoms. The quantitative estimate of drug-likeness (QED) is 0.509. The lowest BCUT2D eigenvalue weighted by atomic mass is 10.1. The number of aromatic nitrogens is 1. The van der Waals surface area contributed by atoms with Gasteiger partial charge in [-0.15, -0.1) is 0 Å². The number of rotatable bonds is 6. The van der Waals surface area contributed by atoms with Crippen LogP contribution in [0.25, 0.3) is 10.9 Å². The number of hydrogen-bond donors (Lipinski definition) is 3. The van der Waals surface area contributed by atoms with E-state index in [1.807, 2.05) is 0 Å². The van der Waals surface area contributed by atoms with Crippen molar-refractivity contribution in [2.45, 2.75) is 32.7 Å². The molecule has 0 fully saturated rings. The average Bonchev–Trinajstić information content (AvgIpc) is 2.93. The number of benzene rings is 2. The van der Waals surface area contributed by atoms with E-state index in [-0.39, 0.29) is 35.4 Å². The number of carbonyl (C=O) groups is 3. The van der Waals surface area contributed by atoms with Gasteiger partial charge >= 0.3 is 5.97 Å². The molecule has 1 unspecified atom stereocenters. The zero-order valence-corrected chi connectivity index (χ0v) is 18.3. The van der Waals surface area contributed by atoms with Crippen molar-refractivity contribution in [3.63, 3.8) is 0 Å². The number of amides is 1. The molecular formula is C22H20Cl2N2O5. The van der Waals surface area contributed by atoms with E-state index in [4.69, 9.17) is 28.3 Å². The van der Waals surface area contributed by atoms with Crippen LogP contribution < -0.4 is 5.32 Å². The van der Waals surface area contributed by atoms with Crippen molar-refractivity contribution in [2.75, 3.05) is 0 Å². The molecule has 162 valence electrons. The first-order chi connectivity index (χ1) is 14.6. The van der Waals surface area contributed by atoms with Crippen LogP contribution in [0.2, 0.25) is 10.0 Å². The standard InChI is InChI=1S/C22H20Cl2N2O5/c1-11(7-21(29)30)25-20(28)10-15-12(2)26(19-6-4-14(27)9-16(15)19)22(31)13-3-5-17(23)18(24)8-13/h3-6,8-9,11,27H,7,10H2,1-2H3,(H,25,28)(H,29,30). The third-order valence-electron chi connectivity index (χ3n) is 4.91. The van der Waals surface area contributed by atoms with Crippen LogP contribution in [0.5, 0.6) is 5.75 Å². The van der Waals surface area contributed by atoms with E-state index >= 15 is 0 Å². The van der Waals surface area contributed by atoms with Gasteiger partial charge in [0.05, 0.1) is 28.4 Å². The number of aromatic hydroxyl groups is 1. The Kier molecular flexibility index (Phi) is 6.57. The number of halogens is 2. The van der Waals surface area contributed by atoms with Crippen LogP contribution in [-0.2, 0) is 16.0 Å². The predicted molar refractivity (Wildman–Crippen MR) is 118 cm³/mol. The fourth-order valence-electron chi connectivity index (χ4n) is 3.51. The first-order valence-corrected chi connectivity index (χ1v) is 10.2. The van der Waals surface area contributed by atoms with E-state index in [0.29, 0.717) is 32.7 Å². The Morgan fingerprint density at radius 1 is 1.10 bits per heavy atom. The number of aliphatic carboxylic acids is 1. The van der Waals surface area contributed by atoms with Crippen molar-refractivity contribution in [3.8, 4) is 5.75 Å². The summed E-state index contributed by atoms with van der Waals surface area (Å²) in [7, 11) is 0. The molecule has 0 aliphatic carbocycles. The molecule has 1 amide bonds. The van der Waals surface area contributed by atoms with Gasteiger partial charge in [0.15, 0.2) is 0 Å². The van der Waals surface area contributed by atoms with Crippen molar-refractivity contribution < 1.29 is 24.6 Å². The number of fused-ring (bicyclic) bond motifs is 1. The molecule has 0 saturated heterocycles. The van der Waals surface area contributed by atoms with Crippen LogP contribution >= 0.6 is 23.2 Å². The Bertz CT molecular complexity index is 1200. The molecule has 1 atom stereocenters. The van der Waals surface area contributed by atoms with Crippen molar-refractivity contribution in [3.05, 3.63) is 63.3 Å². The third kappa shape index (κ3) is 4.84. The highest BCUT2D eigenvalue weighted by atomic mass is 35.5. The Hall–Kier alpha value is -3.03. The van der Waals surface area contributed by atoms with E-state index in [2.05, 4.69) is 5.32 Å². The monoisotopic (exact) mass is 462 g/mol. The largest absolute Gasteiger partial charge is 0.508 e. The summed E-state index contributed by atoms with van der Waals surface area (Å²) in [5.41, 5.74) is 1.92. The molecule has 1 heterocycles. The van der Waals surface area contributed by atoms with Gasteiger partial charge in [-0.05, 0) is 55.8 Å². The average molecular weight is 463 g/mol. The lowest BCUT2D eigenvalue weighted by molar-refractivity contribution is -0.137. The van der Waals surface area contributed by atoms with E-state index in [0.717, 1.165) is 0 Å². The molecule has 9 heteroatoms. The molecule has 7 nitrogen and oxygen atoms in total. The maximum Gasteiger partial charge on any atom is 0.305 e. The molecular weight excluding hydrogens is 443 g/mol. The van der Waals surface area contributed by atoms with Crippen molar-refractivity contribution in [1.82, 2.24) is 9.88 Å². The Morgan fingerprint density at radius 2 is 1.81 bits per heavy atom. The molecule has 0 aliphatic rings. The predicted octanol–water partition coefficient (Wildman–Crippen LogP) is 4.17. The van der Waals surface area contributed by atoms with Crippen LogP contribution in [-0.4, -0.2) is 38.6 Å². The highest BCUT2D eigenvalue weighted by Crippen LogP contribution is 2.31. The molecule has 0 saturated carbocycles. The molecule has 0 aliphatic heterocycles. The van der Waals surface area contributed by atoms with Gasteiger partial charge in [0, 0.05) is 22.7 Å². The van der Waals surface area contributed by atoms with E-state index in [9.17, 15) is 19.5 Å². The Morgan fingerprint density at radius 3 is 2.45 bits per heavy atom. The minimum absolute atomic E-state index is 0.00691. The van der Waals surface area contributed by atoms with Crippen LogP contribution in [0, 0.1) is 6.92 Å². The lowest BCUT2D eigenvalue weighted by Crippen LogP contribution is -2.35.